The van der Waals surface area contributed by atoms with Crippen molar-refractivity contribution in [3.63, 3.8) is 0 Å². The summed E-state index contributed by atoms with van der Waals surface area (Å²) in [5.74, 6) is -0.156. The zero-order valence-electron chi connectivity index (χ0n) is 13.1. The predicted octanol–water partition coefficient (Wildman–Crippen LogP) is 5.00. The number of aromatic nitrogens is 2. The lowest BCUT2D eigenvalue weighted by molar-refractivity contribution is -0.115. The van der Waals surface area contributed by atoms with Crippen LogP contribution in [0.4, 0.5) is 5.69 Å². The first-order valence-electron chi connectivity index (χ1n) is 7.30. The molecule has 1 atom stereocenters. The van der Waals surface area contributed by atoms with Crippen molar-refractivity contribution < 1.29 is 4.79 Å². The second kappa shape index (κ2) is 7.05. The number of anilines is 1. The number of aryl methyl sites for hydroxylation is 1. The zero-order chi connectivity index (χ0) is 17.3. The average molecular weight is 380 g/mol. The van der Waals surface area contributed by atoms with E-state index >= 15 is 0 Å². The van der Waals surface area contributed by atoms with E-state index in [2.05, 4.69) is 10.3 Å². The number of rotatable bonds is 4. The fourth-order valence-corrected chi connectivity index (χ4v) is 3.51. The molecule has 0 bridgehead atoms. The second-order valence-electron chi connectivity index (χ2n) is 5.29. The van der Waals surface area contributed by atoms with E-state index in [0.29, 0.717) is 15.7 Å². The van der Waals surface area contributed by atoms with Crippen LogP contribution < -0.4 is 5.32 Å². The number of fused-ring (bicyclic) bond motifs is 1. The highest BCUT2D eigenvalue weighted by Crippen LogP contribution is 2.31. The van der Waals surface area contributed by atoms with Gasteiger partial charge >= 0.3 is 0 Å². The molecule has 7 heteroatoms. The zero-order valence-corrected chi connectivity index (χ0v) is 15.4. The maximum absolute atomic E-state index is 12.4. The molecule has 0 saturated heterocycles. The van der Waals surface area contributed by atoms with Gasteiger partial charge in [0.25, 0.3) is 0 Å². The number of para-hydroxylation sites is 2. The van der Waals surface area contributed by atoms with Gasteiger partial charge in [-0.3, -0.25) is 4.79 Å². The molecule has 1 N–H and O–H groups in total. The molecule has 3 rings (SSSR count). The molecule has 1 aromatic heterocycles. The Hall–Kier alpha value is -1.69. The van der Waals surface area contributed by atoms with Crippen molar-refractivity contribution >= 4 is 57.6 Å². The number of hydrogen-bond acceptors (Lipinski definition) is 3. The van der Waals surface area contributed by atoms with E-state index in [0.717, 1.165) is 16.2 Å². The lowest BCUT2D eigenvalue weighted by Gasteiger charge is -2.13. The maximum atomic E-state index is 12.4. The van der Waals surface area contributed by atoms with Gasteiger partial charge in [0, 0.05) is 7.05 Å². The van der Waals surface area contributed by atoms with Crippen molar-refractivity contribution in [1.82, 2.24) is 9.55 Å². The number of thioether (sulfide) groups is 1. The number of halogens is 2. The Kier molecular flexibility index (Phi) is 5.04. The summed E-state index contributed by atoms with van der Waals surface area (Å²) in [5.41, 5.74) is 2.45. The number of nitrogens with zero attached hydrogens (tertiary/aromatic N) is 2. The van der Waals surface area contributed by atoms with E-state index in [9.17, 15) is 4.79 Å². The maximum Gasteiger partial charge on any atom is 0.237 e. The van der Waals surface area contributed by atoms with Gasteiger partial charge in [0.15, 0.2) is 5.16 Å². The van der Waals surface area contributed by atoms with Gasteiger partial charge < -0.3 is 9.88 Å². The summed E-state index contributed by atoms with van der Waals surface area (Å²) in [6.45, 7) is 1.83. The summed E-state index contributed by atoms with van der Waals surface area (Å²) in [6.07, 6.45) is 0. The highest BCUT2D eigenvalue weighted by molar-refractivity contribution is 8.00. The lowest BCUT2D eigenvalue weighted by Crippen LogP contribution is -2.23. The second-order valence-corrected chi connectivity index (χ2v) is 7.39. The molecule has 0 unspecified atom stereocenters. The van der Waals surface area contributed by atoms with Crippen molar-refractivity contribution in [2.45, 2.75) is 17.3 Å². The van der Waals surface area contributed by atoms with Crippen molar-refractivity contribution in [1.29, 1.82) is 0 Å². The molecule has 0 aliphatic heterocycles. The lowest BCUT2D eigenvalue weighted by atomic mass is 10.3. The molecule has 4 nitrogen and oxygen atoms in total. The summed E-state index contributed by atoms with van der Waals surface area (Å²) >= 11 is 13.5. The molecule has 0 radical (unpaired) electrons. The highest BCUT2D eigenvalue weighted by atomic mass is 35.5. The van der Waals surface area contributed by atoms with E-state index in [4.69, 9.17) is 23.2 Å². The van der Waals surface area contributed by atoms with Crippen LogP contribution >= 0.6 is 35.0 Å². The first-order valence-corrected chi connectivity index (χ1v) is 8.94. The Morgan fingerprint density at radius 3 is 2.71 bits per heavy atom. The van der Waals surface area contributed by atoms with Gasteiger partial charge in [0.1, 0.15) is 0 Å². The fourth-order valence-electron chi connectivity index (χ4n) is 2.28. The average Bonchev–Trinajstić information content (AvgIpc) is 2.88. The van der Waals surface area contributed by atoms with Gasteiger partial charge in [-0.15, -0.1) is 0 Å². The summed E-state index contributed by atoms with van der Waals surface area (Å²) in [4.78, 5) is 17.0. The smallest absolute Gasteiger partial charge is 0.237 e. The number of nitrogens with one attached hydrogen (secondary N) is 1. The van der Waals surface area contributed by atoms with Crippen molar-refractivity contribution in [2.24, 2.45) is 7.05 Å². The van der Waals surface area contributed by atoms with Crippen LogP contribution in [0.15, 0.2) is 47.6 Å². The number of carbonyl (C=O) groups is 1. The molecule has 2 aromatic carbocycles. The van der Waals surface area contributed by atoms with E-state index in [-0.39, 0.29) is 11.2 Å². The minimum absolute atomic E-state index is 0.156. The SMILES string of the molecule is C[C@H](Sc1nc2ccccc2n1C)C(=O)Nc1cccc(Cl)c1Cl. The molecular weight excluding hydrogens is 365 g/mol. The number of hydrogen-bond donors (Lipinski definition) is 1. The molecule has 0 saturated carbocycles. The monoisotopic (exact) mass is 379 g/mol. The first kappa shape index (κ1) is 17.1. The van der Waals surface area contributed by atoms with E-state index in [1.807, 2.05) is 42.8 Å². The highest BCUT2D eigenvalue weighted by Gasteiger charge is 2.19. The van der Waals surface area contributed by atoms with E-state index in [1.54, 1.807) is 18.2 Å². The summed E-state index contributed by atoms with van der Waals surface area (Å²) in [5, 5.41) is 4.01. The molecule has 0 aliphatic carbocycles. The molecular formula is C17H15Cl2N3OS. The molecule has 3 aromatic rings. The number of carbonyl (C=O) groups excluding carboxylic acids is 1. The van der Waals surface area contributed by atoms with Crippen LogP contribution in [0.25, 0.3) is 11.0 Å². The van der Waals surface area contributed by atoms with Gasteiger partial charge in [-0.1, -0.05) is 53.2 Å². The standard InChI is InChI=1S/C17H15Cl2N3OS/c1-10(16(23)20-13-8-5-6-11(18)15(13)19)24-17-21-12-7-3-4-9-14(12)22(17)2/h3-10H,1-2H3,(H,20,23)/t10-/m0/s1. The Bertz CT molecular complexity index is 910. The van der Waals surface area contributed by atoms with Crippen LogP contribution in [0.3, 0.4) is 0 Å². The Morgan fingerprint density at radius 1 is 1.21 bits per heavy atom. The van der Waals surface area contributed by atoms with Gasteiger partial charge in [-0.25, -0.2) is 4.98 Å². The third-order valence-corrected chi connectivity index (χ3v) is 5.57. The molecule has 24 heavy (non-hydrogen) atoms. The van der Waals surface area contributed by atoms with Crippen molar-refractivity contribution in [2.75, 3.05) is 5.32 Å². The van der Waals surface area contributed by atoms with E-state index < -0.39 is 0 Å². The van der Waals surface area contributed by atoms with Gasteiger partial charge in [-0.05, 0) is 31.2 Å². The molecule has 1 heterocycles. The third kappa shape index (κ3) is 3.38. The van der Waals surface area contributed by atoms with E-state index in [1.165, 1.54) is 11.8 Å². The minimum Gasteiger partial charge on any atom is -0.324 e. The van der Waals surface area contributed by atoms with Crippen LogP contribution in [-0.4, -0.2) is 20.7 Å². The number of benzene rings is 2. The topological polar surface area (TPSA) is 46.9 Å². The van der Waals surface area contributed by atoms with Gasteiger partial charge in [-0.2, -0.15) is 0 Å². The van der Waals surface area contributed by atoms with Crippen molar-refractivity contribution in [3.05, 3.63) is 52.5 Å². The Balaban J connectivity index is 1.76. The number of amides is 1. The molecule has 0 aliphatic rings. The summed E-state index contributed by atoms with van der Waals surface area (Å²) in [6, 6.07) is 13.0. The van der Waals surface area contributed by atoms with Crippen LogP contribution in [0.5, 0.6) is 0 Å². The predicted molar refractivity (Wildman–Crippen MR) is 101 cm³/mol. The summed E-state index contributed by atoms with van der Waals surface area (Å²) < 4.78 is 1.98. The molecule has 0 fully saturated rings. The first-order chi connectivity index (χ1) is 11.5. The minimum atomic E-state index is -0.337. The Morgan fingerprint density at radius 2 is 1.96 bits per heavy atom. The van der Waals surface area contributed by atoms with Crippen molar-refractivity contribution in [3.8, 4) is 0 Å². The van der Waals surface area contributed by atoms with Gasteiger partial charge in [0.05, 0.1) is 32.0 Å². The summed E-state index contributed by atoms with van der Waals surface area (Å²) in [7, 11) is 1.94. The number of imidazole rings is 1. The van der Waals surface area contributed by atoms with Crippen LogP contribution in [0.1, 0.15) is 6.92 Å². The third-order valence-electron chi connectivity index (χ3n) is 3.61. The van der Waals surface area contributed by atoms with Crippen LogP contribution in [0.2, 0.25) is 10.0 Å². The normalized spacial score (nSPS) is 12.3. The van der Waals surface area contributed by atoms with Crippen LogP contribution in [-0.2, 0) is 11.8 Å². The van der Waals surface area contributed by atoms with Crippen LogP contribution in [0, 0.1) is 0 Å². The van der Waals surface area contributed by atoms with Gasteiger partial charge in [0.2, 0.25) is 5.91 Å². The Labute approximate surface area is 154 Å². The fraction of sp³-hybridized carbons (Fsp3) is 0.176. The molecule has 0 spiro atoms. The molecule has 124 valence electrons. The molecule has 1 amide bonds. The quantitative estimate of drug-likeness (QED) is 0.648. The largest absolute Gasteiger partial charge is 0.324 e.